The van der Waals surface area contributed by atoms with Gasteiger partial charge in [0.15, 0.2) is 0 Å². The van der Waals surface area contributed by atoms with Crippen LogP contribution < -0.4 is 5.32 Å². The number of nitrogens with zero attached hydrogens (tertiary/aromatic N) is 1. The molecule has 2 saturated heterocycles. The molecule has 26 heavy (non-hydrogen) atoms. The molecule has 2 aliphatic rings. The molecule has 1 N–H and O–H groups in total. The highest BCUT2D eigenvalue weighted by atomic mass is 35.5. The molecule has 2 fully saturated rings. The molecule has 2 aromatic rings. The molecule has 2 heterocycles. The third-order valence-corrected chi connectivity index (χ3v) is 5.53. The van der Waals surface area contributed by atoms with Crippen molar-refractivity contribution in [1.82, 2.24) is 10.2 Å². The summed E-state index contributed by atoms with van der Waals surface area (Å²) in [6.45, 7) is 2.32. The van der Waals surface area contributed by atoms with Crippen LogP contribution in [-0.4, -0.2) is 42.8 Å². The summed E-state index contributed by atoms with van der Waals surface area (Å²) in [6, 6.07) is 15.5. The van der Waals surface area contributed by atoms with Gasteiger partial charge in [-0.25, -0.2) is 0 Å². The van der Waals surface area contributed by atoms with E-state index in [-0.39, 0.29) is 17.7 Å². The standard InChI is InChI=1S/C21H21ClN2O2/c22-18-6-7-19(15(9-18)8-14-4-2-1-3-5-14)21(26)24-12-16-10-23-11-17(13-24)20(16)25/h1-7,9,16-17,23H,8,10-13H2. The minimum absolute atomic E-state index is 0.00278. The molecule has 2 unspecified atom stereocenters. The van der Waals surface area contributed by atoms with Gasteiger partial charge >= 0.3 is 0 Å². The molecular weight excluding hydrogens is 348 g/mol. The van der Waals surface area contributed by atoms with E-state index in [0.717, 1.165) is 11.1 Å². The maximum Gasteiger partial charge on any atom is 0.254 e. The van der Waals surface area contributed by atoms with Crippen LogP contribution in [0, 0.1) is 11.8 Å². The molecule has 1 amide bonds. The number of nitrogens with one attached hydrogen (secondary N) is 1. The van der Waals surface area contributed by atoms with Crippen molar-refractivity contribution in [3.05, 3.63) is 70.2 Å². The third kappa shape index (κ3) is 3.39. The van der Waals surface area contributed by atoms with Crippen molar-refractivity contribution in [3.8, 4) is 0 Å². The first kappa shape index (κ1) is 17.3. The van der Waals surface area contributed by atoms with Crippen LogP contribution in [0.2, 0.25) is 5.02 Å². The Bertz CT molecular complexity index is 821. The minimum atomic E-state index is -0.0867. The second kappa shape index (κ2) is 7.22. The molecule has 2 aromatic carbocycles. The van der Waals surface area contributed by atoms with Gasteiger partial charge < -0.3 is 10.2 Å². The van der Waals surface area contributed by atoms with Crippen LogP contribution in [0.3, 0.4) is 0 Å². The SMILES string of the molecule is O=C1C2CNCC1CN(C(=O)c1ccc(Cl)cc1Cc1ccccc1)C2. The fourth-order valence-corrected chi connectivity index (χ4v) is 4.15. The molecule has 0 aromatic heterocycles. The van der Waals surface area contributed by atoms with E-state index < -0.39 is 0 Å². The summed E-state index contributed by atoms with van der Waals surface area (Å²) >= 11 is 6.19. The lowest BCUT2D eigenvalue weighted by atomic mass is 9.84. The lowest BCUT2D eigenvalue weighted by Crippen LogP contribution is -2.58. The van der Waals surface area contributed by atoms with E-state index in [2.05, 4.69) is 5.32 Å². The number of piperidine rings is 2. The van der Waals surface area contributed by atoms with Gasteiger partial charge in [-0.3, -0.25) is 9.59 Å². The van der Waals surface area contributed by atoms with Crippen LogP contribution in [0.1, 0.15) is 21.5 Å². The highest BCUT2D eigenvalue weighted by Crippen LogP contribution is 2.26. The van der Waals surface area contributed by atoms with Crippen LogP contribution in [-0.2, 0) is 11.2 Å². The monoisotopic (exact) mass is 368 g/mol. The number of benzene rings is 2. The second-order valence-electron chi connectivity index (χ2n) is 7.13. The lowest BCUT2D eigenvalue weighted by molar-refractivity contribution is -0.132. The molecule has 0 spiro atoms. The predicted octanol–water partition coefficient (Wildman–Crippen LogP) is 2.79. The van der Waals surface area contributed by atoms with Gasteiger partial charge in [0.05, 0.1) is 0 Å². The summed E-state index contributed by atoms with van der Waals surface area (Å²) in [5, 5.41) is 3.92. The maximum absolute atomic E-state index is 13.2. The fraction of sp³-hybridized carbons (Fsp3) is 0.333. The average molecular weight is 369 g/mol. The van der Waals surface area contributed by atoms with Crippen LogP contribution in [0.4, 0.5) is 0 Å². The van der Waals surface area contributed by atoms with Crippen molar-refractivity contribution in [3.63, 3.8) is 0 Å². The highest BCUT2D eigenvalue weighted by Gasteiger charge is 2.39. The number of likely N-dealkylation sites (tertiary alicyclic amines) is 1. The van der Waals surface area contributed by atoms with Crippen molar-refractivity contribution in [2.45, 2.75) is 6.42 Å². The second-order valence-corrected chi connectivity index (χ2v) is 7.56. The number of carbonyl (C=O) groups is 2. The Hall–Kier alpha value is -2.17. The fourth-order valence-electron chi connectivity index (χ4n) is 3.95. The quantitative estimate of drug-likeness (QED) is 0.906. The Balaban J connectivity index is 1.61. The van der Waals surface area contributed by atoms with Gasteiger partial charge in [-0.1, -0.05) is 41.9 Å². The van der Waals surface area contributed by atoms with Crippen LogP contribution in [0.25, 0.3) is 0 Å². The first-order valence-electron chi connectivity index (χ1n) is 8.98. The zero-order chi connectivity index (χ0) is 18.1. The van der Waals surface area contributed by atoms with E-state index >= 15 is 0 Å². The number of Topliss-reactive ketones (excluding diaryl/α,β-unsaturated/α-hetero) is 1. The van der Waals surface area contributed by atoms with Crippen molar-refractivity contribution >= 4 is 23.3 Å². The van der Waals surface area contributed by atoms with E-state index in [1.54, 1.807) is 6.07 Å². The summed E-state index contributed by atoms with van der Waals surface area (Å²) in [6.07, 6.45) is 0.656. The number of hydrogen-bond acceptors (Lipinski definition) is 3. The van der Waals surface area contributed by atoms with E-state index in [0.29, 0.717) is 49.0 Å². The third-order valence-electron chi connectivity index (χ3n) is 5.29. The van der Waals surface area contributed by atoms with Gasteiger partial charge in [0.2, 0.25) is 0 Å². The molecule has 134 valence electrons. The molecule has 0 aliphatic carbocycles. The molecular formula is C21H21ClN2O2. The normalized spacial score (nSPS) is 22.3. The van der Waals surface area contributed by atoms with Gasteiger partial charge in [0.1, 0.15) is 5.78 Å². The Morgan fingerprint density at radius 2 is 1.77 bits per heavy atom. The Labute approximate surface area is 158 Å². The van der Waals surface area contributed by atoms with E-state index in [1.807, 2.05) is 47.4 Å². The summed E-state index contributed by atoms with van der Waals surface area (Å²) < 4.78 is 0. The molecule has 0 saturated carbocycles. The Morgan fingerprint density at radius 1 is 1.08 bits per heavy atom. The van der Waals surface area contributed by atoms with Gasteiger partial charge in [-0.2, -0.15) is 0 Å². The van der Waals surface area contributed by atoms with E-state index in [1.165, 1.54) is 0 Å². The molecule has 0 radical (unpaired) electrons. The lowest BCUT2D eigenvalue weighted by Gasteiger charge is -2.40. The average Bonchev–Trinajstić information content (AvgIpc) is 2.62. The van der Waals surface area contributed by atoms with Crippen LogP contribution in [0.5, 0.6) is 0 Å². The number of halogens is 1. The molecule has 2 bridgehead atoms. The molecule has 2 aliphatic heterocycles. The van der Waals surface area contributed by atoms with E-state index in [9.17, 15) is 9.59 Å². The maximum atomic E-state index is 13.2. The zero-order valence-electron chi connectivity index (χ0n) is 14.5. The van der Waals surface area contributed by atoms with Gasteiger partial charge in [0, 0.05) is 48.6 Å². The number of amides is 1. The van der Waals surface area contributed by atoms with Gasteiger partial charge in [-0.05, 0) is 35.7 Å². The summed E-state index contributed by atoms with van der Waals surface area (Å²) in [5.41, 5.74) is 2.74. The smallest absolute Gasteiger partial charge is 0.254 e. The Morgan fingerprint density at radius 3 is 2.46 bits per heavy atom. The topological polar surface area (TPSA) is 49.4 Å². The highest BCUT2D eigenvalue weighted by molar-refractivity contribution is 6.30. The first-order chi connectivity index (χ1) is 12.6. The van der Waals surface area contributed by atoms with Crippen molar-refractivity contribution < 1.29 is 9.59 Å². The summed E-state index contributed by atoms with van der Waals surface area (Å²) in [5.74, 6) is 0.123. The van der Waals surface area contributed by atoms with Crippen LogP contribution in [0.15, 0.2) is 48.5 Å². The van der Waals surface area contributed by atoms with Crippen molar-refractivity contribution in [1.29, 1.82) is 0 Å². The number of ketones is 1. The minimum Gasteiger partial charge on any atom is -0.337 e. The van der Waals surface area contributed by atoms with Crippen molar-refractivity contribution in [2.75, 3.05) is 26.2 Å². The zero-order valence-corrected chi connectivity index (χ0v) is 15.2. The first-order valence-corrected chi connectivity index (χ1v) is 9.35. The van der Waals surface area contributed by atoms with Gasteiger partial charge in [0.25, 0.3) is 5.91 Å². The number of carbonyl (C=O) groups excluding carboxylic acids is 2. The number of rotatable bonds is 3. The molecule has 4 nitrogen and oxygen atoms in total. The molecule has 4 rings (SSSR count). The summed E-state index contributed by atoms with van der Waals surface area (Å²) in [7, 11) is 0. The molecule has 2 atom stereocenters. The predicted molar refractivity (Wildman–Crippen MR) is 101 cm³/mol. The summed E-state index contributed by atoms with van der Waals surface area (Å²) in [4.78, 5) is 27.3. The number of hydrogen-bond donors (Lipinski definition) is 1. The van der Waals surface area contributed by atoms with Crippen LogP contribution >= 0.6 is 11.6 Å². The van der Waals surface area contributed by atoms with Crippen molar-refractivity contribution in [2.24, 2.45) is 11.8 Å². The van der Waals surface area contributed by atoms with Gasteiger partial charge in [-0.15, -0.1) is 0 Å². The van der Waals surface area contributed by atoms with E-state index in [4.69, 9.17) is 11.6 Å². The largest absolute Gasteiger partial charge is 0.337 e. The Kier molecular flexibility index (Phi) is 4.79. The molecule has 5 heteroatoms. The number of fused-ring (bicyclic) bond motifs is 2.